The molecule has 0 bridgehead atoms. The molecule has 7 heteroatoms. The molecular weight excluding hydrogens is 362 g/mol. The minimum Gasteiger partial charge on any atom is -0.340 e. The Labute approximate surface area is 162 Å². The predicted molar refractivity (Wildman–Crippen MR) is 106 cm³/mol. The number of pyridine rings is 1. The number of carbonyl (C=O) groups is 1. The van der Waals surface area contributed by atoms with Crippen LogP contribution in [0.5, 0.6) is 0 Å². The summed E-state index contributed by atoms with van der Waals surface area (Å²) in [5.41, 5.74) is 0.846. The lowest BCUT2D eigenvalue weighted by molar-refractivity contribution is -0.136. The number of rotatable bonds is 6. The molecule has 0 saturated carbocycles. The first-order chi connectivity index (χ1) is 12.8. The van der Waals surface area contributed by atoms with Gasteiger partial charge in [0.2, 0.25) is 5.91 Å². The lowest BCUT2D eigenvalue weighted by Gasteiger charge is -2.34. The van der Waals surface area contributed by atoms with Crippen LogP contribution in [0, 0.1) is 17.8 Å². The Balaban J connectivity index is 1.70. The monoisotopic (exact) mass is 393 g/mol. The van der Waals surface area contributed by atoms with Crippen molar-refractivity contribution in [2.45, 2.75) is 38.5 Å². The second kappa shape index (κ2) is 8.27. The van der Waals surface area contributed by atoms with Crippen molar-refractivity contribution in [1.29, 1.82) is 0 Å². The van der Waals surface area contributed by atoms with Crippen LogP contribution in [0.15, 0.2) is 24.4 Å². The summed E-state index contributed by atoms with van der Waals surface area (Å²) in [7, 11) is -1.32. The van der Waals surface area contributed by atoms with Gasteiger partial charge in [0.15, 0.2) is 9.84 Å². The van der Waals surface area contributed by atoms with Gasteiger partial charge in [-0.25, -0.2) is 8.42 Å². The molecule has 150 valence electrons. The standard InChI is InChI=1S/C20H31N3O3S/c1-15(2)7-10-23-13-18-17(8-11-27(25,26)19(18)14-23)20(24)22(3)12-16-6-4-5-9-21-16/h4-6,9,15,17-19H,7-8,10-14H2,1-3H3/t17-,18+,19+/m1/s1. The molecule has 1 aromatic rings. The second-order valence-electron chi connectivity index (χ2n) is 8.42. The molecule has 0 unspecified atom stereocenters. The zero-order chi connectivity index (χ0) is 19.6. The molecule has 2 aliphatic heterocycles. The first-order valence-corrected chi connectivity index (χ1v) is 11.6. The van der Waals surface area contributed by atoms with Gasteiger partial charge >= 0.3 is 0 Å². The van der Waals surface area contributed by atoms with Gasteiger partial charge in [0.1, 0.15) is 0 Å². The smallest absolute Gasteiger partial charge is 0.226 e. The minimum absolute atomic E-state index is 0.0521. The van der Waals surface area contributed by atoms with E-state index in [0.717, 1.165) is 18.7 Å². The first-order valence-electron chi connectivity index (χ1n) is 9.86. The van der Waals surface area contributed by atoms with Crippen LogP contribution in [0.4, 0.5) is 0 Å². The van der Waals surface area contributed by atoms with Crippen molar-refractivity contribution in [3.63, 3.8) is 0 Å². The van der Waals surface area contributed by atoms with Gasteiger partial charge in [-0.05, 0) is 37.4 Å². The Kier molecular flexibility index (Phi) is 6.21. The maximum absolute atomic E-state index is 13.1. The minimum atomic E-state index is -3.11. The largest absolute Gasteiger partial charge is 0.340 e. The topological polar surface area (TPSA) is 70.6 Å². The number of sulfone groups is 1. The van der Waals surface area contributed by atoms with Crippen LogP contribution in [0.2, 0.25) is 0 Å². The molecule has 1 aromatic heterocycles. The summed E-state index contributed by atoms with van der Waals surface area (Å²) >= 11 is 0. The van der Waals surface area contributed by atoms with E-state index in [1.807, 2.05) is 18.2 Å². The maximum Gasteiger partial charge on any atom is 0.226 e. The summed E-state index contributed by atoms with van der Waals surface area (Å²) in [5, 5.41) is -0.393. The van der Waals surface area contributed by atoms with Crippen LogP contribution in [0.1, 0.15) is 32.4 Å². The zero-order valence-corrected chi connectivity index (χ0v) is 17.4. The lowest BCUT2D eigenvalue weighted by atomic mass is 9.87. The number of carbonyl (C=O) groups excluding carboxylic acids is 1. The molecule has 0 aromatic carbocycles. The SMILES string of the molecule is CC(C)CCN1C[C@H]2[C@H](C(=O)N(C)Cc3ccccn3)CCS(=O)(=O)[C@H]2C1. The van der Waals surface area contributed by atoms with E-state index in [-0.39, 0.29) is 23.5 Å². The maximum atomic E-state index is 13.1. The Bertz CT molecular complexity index is 751. The quantitative estimate of drug-likeness (QED) is 0.737. The molecule has 1 amide bonds. The summed E-state index contributed by atoms with van der Waals surface area (Å²) < 4.78 is 25.2. The highest BCUT2D eigenvalue weighted by atomic mass is 32.2. The highest BCUT2D eigenvalue weighted by Crippen LogP contribution is 2.38. The normalized spacial score (nSPS) is 27.5. The van der Waals surface area contributed by atoms with Gasteiger partial charge in [-0.15, -0.1) is 0 Å². The van der Waals surface area contributed by atoms with Crippen LogP contribution in [0.3, 0.4) is 0 Å². The molecule has 6 nitrogen and oxygen atoms in total. The summed E-state index contributed by atoms with van der Waals surface area (Å²) in [5.74, 6) is 0.466. The first kappa shape index (κ1) is 20.3. The Morgan fingerprint density at radius 1 is 1.33 bits per heavy atom. The fourth-order valence-corrected chi connectivity index (χ4v) is 6.46. The van der Waals surface area contributed by atoms with Gasteiger partial charge in [-0.2, -0.15) is 0 Å². The highest BCUT2D eigenvalue weighted by Gasteiger charge is 2.50. The second-order valence-corrected chi connectivity index (χ2v) is 10.8. The summed E-state index contributed by atoms with van der Waals surface area (Å²) in [6, 6.07) is 5.67. The lowest BCUT2D eigenvalue weighted by Crippen LogP contribution is -2.47. The molecule has 0 radical (unpaired) electrons. The molecule has 3 heterocycles. The van der Waals surface area contributed by atoms with Crippen LogP contribution < -0.4 is 0 Å². The van der Waals surface area contributed by atoms with Crippen molar-refractivity contribution in [2.75, 3.05) is 32.4 Å². The van der Waals surface area contributed by atoms with E-state index in [9.17, 15) is 13.2 Å². The molecular formula is C20H31N3O3S. The van der Waals surface area contributed by atoms with Crippen LogP contribution in [-0.2, 0) is 21.2 Å². The van der Waals surface area contributed by atoms with E-state index in [1.165, 1.54) is 0 Å². The van der Waals surface area contributed by atoms with Gasteiger partial charge < -0.3 is 9.80 Å². The summed E-state index contributed by atoms with van der Waals surface area (Å²) in [6.07, 6.45) is 3.21. The number of likely N-dealkylation sites (tertiary alicyclic amines) is 1. The molecule has 2 fully saturated rings. The molecule has 3 atom stereocenters. The molecule has 0 N–H and O–H groups in total. The molecule has 27 heavy (non-hydrogen) atoms. The molecule has 3 rings (SSSR count). The van der Waals surface area contributed by atoms with E-state index >= 15 is 0 Å². The zero-order valence-electron chi connectivity index (χ0n) is 16.5. The molecule has 2 saturated heterocycles. The van der Waals surface area contributed by atoms with Gasteiger partial charge in [0.05, 0.1) is 23.2 Å². The third kappa shape index (κ3) is 4.69. The highest BCUT2D eigenvalue weighted by molar-refractivity contribution is 7.92. The van der Waals surface area contributed by atoms with E-state index in [0.29, 0.717) is 32.0 Å². The van der Waals surface area contributed by atoms with E-state index < -0.39 is 15.1 Å². The molecule has 2 aliphatic rings. The van der Waals surface area contributed by atoms with Crippen LogP contribution in [-0.4, -0.2) is 66.8 Å². The van der Waals surface area contributed by atoms with Crippen molar-refractivity contribution in [1.82, 2.24) is 14.8 Å². The Hall–Kier alpha value is -1.47. The average molecular weight is 394 g/mol. The average Bonchev–Trinajstić information content (AvgIpc) is 3.06. The fourth-order valence-electron chi connectivity index (χ4n) is 4.33. The number of amides is 1. The van der Waals surface area contributed by atoms with E-state index in [4.69, 9.17) is 0 Å². The van der Waals surface area contributed by atoms with Gasteiger partial charge in [-0.1, -0.05) is 19.9 Å². The van der Waals surface area contributed by atoms with Crippen molar-refractivity contribution < 1.29 is 13.2 Å². The Morgan fingerprint density at radius 2 is 2.11 bits per heavy atom. The van der Waals surface area contributed by atoms with Crippen LogP contribution >= 0.6 is 0 Å². The summed E-state index contributed by atoms with van der Waals surface area (Å²) in [4.78, 5) is 21.4. The van der Waals surface area contributed by atoms with Crippen molar-refractivity contribution in [2.24, 2.45) is 17.8 Å². The third-order valence-corrected chi connectivity index (χ3v) is 8.14. The van der Waals surface area contributed by atoms with Gasteiger partial charge in [0.25, 0.3) is 0 Å². The Morgan fingerprint density at radius 3 is 2.78 bits per heavy atom. The number of hydrogen-bond acceptors (Lipinski definition) is 5. The van der Waals surface area contributed by atoms with Crippen molar-refractivity contribution >= 4 is 15.7 Å². The van der Waals surface area contributed by atoms with Gasteiger partial charge in [-0.3, -0.25) is 9.78 Å². The van der Waals surface area contributed by atoms with Gasteiger partial charge in [0, 0.05) is 38.2 Å². The van der Waals surface area contributed by atoms with E-state index in [2.05, 4.69) is 23.7 Å². The molecule has 0 aliphatic carbocycles. The van der Waals surface area contributed by atoms with E-state index in [1.54, 1.807) is 18.1 Å². The predicted octanol–water partition coefficient (Wildman–Crippen LogP) is 1.82. The van der Waals surface area contributed by atoms with Crippen molar-refractivity contribution in [3.05, 3.63) is 30.1 Å². The van der Waals surface area contributed by atoms with Crippen molar-refractivity contribution in [3.8, 4) is 0 Å². The van der Waals surface area contributed by atoms with Crippen LogP contribution in [0.25, 0.3) is 0 Å². The fraction of sp³-hybridized carbons (Fsp3) is 0.700. The number of aromatic nitrogens is 1. The number of hydrogen-bond donors (Lipinski definition) is 0. The molecule has 0 spiro atoms. The summed E-state index contributed by atoms with van der Waals surface area (Å²) in [6.45, 7) is 7.01. The number of nitrogens with zero attached hydrogens (tertiary/aromatic N) is 3. The number of fused-ring (bicyclic) bond motifs is 1. The third-order valence-electron chi connectivity index (χ3n) is 5.92.